The molecular weight excluding hydrogens is 379 g/mol. The summed E-state index contributed by atoms with van der Waals surface area (Å²) < 4.78 is 13.4. The van der Waals surface area contributed by atoms with Crippen LogP contribution in [0.5, 0.6) is 0 Å². The zero-order valence-corrected chi connectivity index (χ0v) is 14.6. The first-order chi connectivity index (χ1) is 11.1. The van der Waals surface area contributed by atoms with Gasteiger partial charge < -0.3 is 5.32 Å². The number of hydrogen-bond acceptors (Lipinski definition) is 3. The van der Waals surface area contributed by atoms with E-state index in [2.05, 4.69) is 27.3 Å². The molecule has 6 heteroatoms. The smallest absolute Gasteiger partial charge is 0.252 e. The Morgan fingerprint density at radius 2 is 2.09 bits per heavy atom. The van der Waals surface area contributed by atoms with Crippen molar-refractivity contribution in [2.75, 3.05) is 12.3 Å². The first-order valence-electron chi connectivity index (χ1n) is 6.91. The zero-order chi connectivity index (χ0) is 16.7. The molecule has 0 saturated carbocycles. The summed E-state index contributed by atoms with van der Waals surface area (Å²) in [7, 11) is 0. The summed E-state index contributed by atoms with van der Waals surface area (Å²) >= 11 is 4.82. The Balaban J connectivity index is 1.77. The van der Waals surface area contributed by atoms with Crippen LogP contribution in [0.4, 0.5) is 4.39 Å². The molecule has 3 nitrogen and oxygen atoms in total. The lowest BCUT2D eigenvalue weighted by molar-refractivity contribution is 0.0955. The predicted octanol–water partition coefficient (Wildman–Crippen LogP) is 4.12. The van der Waals surface area contributed by atoms with E-state index >= 15 is 0 Å². The first-order valence-corrected chi connectivity index (χ1v) is 8.85. The summed E-state index contributed by atoms with van der Waals surface area (Å²) in [5.41, 5.74) is 2.08. The maximum atomic E-state index is 13.0. The van der Waals surface area contributed by atoms with Crippen LogP contribution in [0.25, 0.3) is 0 Å². The van der Waals surface area contributed by atoms with Gasteiger partial charge in [0.25, 0.3) is 5.91 Å². The van der Waals surface area contributed by atoms with Crippen molar-refractivity contribution in [2.24, 2.45) is 0 Å². The Bertz CT molecular complexity index is 746. The number of rotatable bonds is 6. The topological polar surface area (TPSA) is 52.9 Å². The molecule has 23 heavy (non-hydrogen) atoms. The Labute approximate surface area is 147 Å². The van der Waals surface area contributed by atoms with E-state index in [1.807, 2.05) is 18.2 Å². The van der Waals surface area contributed by atoms with Gasteiger partial charge in [0.2, 0.25) is 0 Å². The lowest BCUT2D eigenvalue weighted by Crippen LogP contribution is -2.26. The van der Waals surface area contributed by atoms with Crippen LogP contribution in [0, 0.1) is 17.1 Å². The molecule has 0 aliphatic rings. The Kier molecular flexibility index (Phi) is 6.63. The van der Waals surface area contributed by atoms with Crippen LogP contribution in [0.15, 0.2) is 46.9 Å². The van der Waals surface area contributed by atoms with E-state index in [1.54, 1.807) is 17.8 Å². The van der Waals surface area contributed by atoms with Crippen LogP contribution in [0.2, 0.25) is 0 Å². The van der Waals surface area contributed by atoms with Gasteiger partial charge in [0.1, 0.15) is 5.82 Å². The number of amides is 1. The molecule has 0 aromatic heterocycles. The van der Waals surface area contributed by atoms with E-state index in [4.69, 9.17) is 5.26 Å². The third kappa shape index (κ3) is 5.08. The van der Waals surface area contributed by atoms with Gasteiger partial charge in [-0.15, -0.1) is 0 Å². The van der Waals surface area contributed by atoms with Crippen LogP contribution < -0.4 is 5.32 Å². The quantitative estimate of drug-likeness (QED) is 0.752. The number of nitrogens with zero attached hydrogens (tertiary/aromatic N) is 1. The van der Waals surface area contributed by atoms with Gasteiger partial charge in [0.15, 0.2) is 0 Å². The van der Waals surface area contributed by atoms with Crippen LogP contribution in [-0.2, 0) is 5.75 Å². The third-order valence-electron chi connectivity index (χ3n) is 3.10. The highest BCUT2D eigenvalue weighted by Gasteiger charge is 2.10. The average Bonchev–Trinajstić information content (AvgIpc) is 2.54. The minimum atomic E-state index is -0.389. The number of benzene rings is 2. The fraction of sp³-hybridized carbons (Fsp3) is 0.176. The van der Waals surface area contributed by atoms with E-state index in [0.29, 0.717) is 22.1 Å². The zero-order valence-electron chi connectivity index (χ0n) is 12.2. The van der Waals surface area contributed by atoms with Gasteiger partial charge in [0.05, 0.1) is 17.2 Å². The van der Waals surface area contributed by atoms with Gasteiger partial charge >= 0.3 is 0 Å². The molecule has 118 valence electrons. The van der Waals surface area contributed by atoms with Gasteiger partial charge in [0, 0.05) is 22.5 Å². The number of carbonyl (C=O) groups excluding carboxylic acids is 1. The second-order valence-corrected chi connectivity index (χ2v) is 6.66. The highest BCUT2D eigenvalue weighted by atomic mass is 79.9. The second kappa shape index (κ2) is 8.70. The van der Waals surface area contributed by atoms with Gasteiger partial charge in [-0.25, -0.2) is 4.39 Å². The van der Waals surface area contributed by atoms with Gasteiger partial charge in [-0.1, -0.05) is 18.2 Å². The molecule has 0 aliphatic carbocycles. The molecule has 0 radical (unpaired) electrons. The highest BCUT2D eigenvalue weighted by Crippen LogP contribution is 2.18. The Morgan fingerprint density at radius 1 is 1.30 bits per heavy atom. The van der Waals surface area contributed by atoms with Crippen molar-refractivity contribution in [1.29, 1.82) is 5.26 Å². The maximum Gasteiger partial charge on any atom is 0.252 e. The molecule has 0 saturated heterocycles. The fourth-order valence-electron chi connectivity index (χ4n) is 1.94. The number of nitriles is 1. The summed E-state index contributed by atoms with van der Waals surface area (Å²) in [4.78, 5) is 12.0. The van der Waals surface area contributed by atoms with Crippen molar-refractivity contribution in [3.05, 3.63) is 69.4 Å². The monoisotopic (exact) mass is 392 g/mol. The van der Waals surface area contributed by atoms with Gasteiger partial charge in [-0.3, -0.25) is 4.79 Å². The molecule has 0 spiro atoms. The molecule has 0 bridgehead atoms. The first kappa shape index (κ1) is 17.5. The van der Waals surface area contributed by atoms with E-state index in [0.717, 1.165) is 17.1 Å². The lowest BCUT2D eigenvalue weighted by atomic mass is 10.1. The Hall–Kier alpha value is -1.84. The number of carbonyl (C=O) groups is 1. The third-order valence-corrected chi connectivity index (χ3v) is 4.77. The molecule has 0 aliphatic heterocycles. The molecular formula is C17H14BrFN2OS. The molecule has 0 heterocycles. The van der Waals surface area contributed by atoms with E-state index in [1.165, 1.54) is 18.2 Å². The fourth-order valence-corrected chi connectivity index (χ4v) is 3.34. The number of halogens is 2. The molecule has 2 aromatic rings. The second-order valence-electron chi connectivity index (χ2n) is 4.70. The Morgan fingerprint density at radius 3 is 2.83 bits per heavy atom. The number of hydrogen-bond donors (Lipinski definition) is 1. The standard InChI is InChI=1S/C17H14BrFN2OS/c18-16-9-14(19)5-6-15(16)17(22)21-7-8-23-11-13-4-2-1-3-12(13)10-20/h1-6,9H,7-8,11H2,(H,21,22). The highest BCUT2D eigenvalue weighted by molar-refractivity contribution is 9.10. The number of thioether (sulfide) groups is 1. The largest absolute Gasteiger partial charge is 0.351 e. The van der Waals surface area contributed by atoms with E-state index in [9.17, 15) is 9.18 Å². The minimum Gasteiger partial charge on any atom is -0.351 e. The maximum absolute atomic E-state index is 13.0. The minimum absolute atomic E-state index is 0.241. The van der Waals surface area contributed by atoms with Crippen molar-refractivity contribution >= 4 is 33.6 Å². The summed E-state index contributed by atoms with van der Waals surface area (Å²) in [5, 5.41) is 11.8. The number of nitrogens with one attached hydrogen (secondary N) is 1. The van der Waals surface area contributed by atoms with E-state index < -0.39 is 0 Å². The van der Waals surface area contributed by atoms with Crippen molar-refractivity contribution in [3.8, 4) is 6.07 Å². The molecule has 0 atom stereocenters. The van der Waals surface area contributed by atoms with Crippen molar-refractivity contribution in [3.63, 3.8) is 0 Å². The molecule has 2 rings (SSSR count). The SMILES string of the molecule is N#Cc1ccccc1CSCCNC(=O)c1ccc(F)cc1Br. The molecule has 0 unspecified atom stereocenters. The van der Waals surface area contributed by atoms with Gasteiger partial charge in [-0.2, -0.15) is 17.0 Å². The molecule has 2 aromatic carbocycles. The normalized spacial score (nSPS) is 10.1. The summed E-state index contributed by atoms with van der Waals surface area (Å²) in [5.74, 6) is 0.819. The van der Waals surface area contributed by atoms with Crippen LogP contribution >= 0.6 is 27.7 Å². The van der Waals surface area contributed by atoms with E-state index in [-0.39, 0.29) is 11.7 Å². The van der Waals surface area contributed by atoms with Gasteiger partial charge in [-0.05, 0) is 45.8 Å². The summed E-state index contributed by atoms with van der Waals surface area (Å²) in [6, 6.07) is 13.6. The van der Waals surface area contributed by atoms with Crippen LogP contribution in [0.3, 0.4) is 0 Å². The van der Waals surface area contributed by atoms with Crippen molar-refractivity contribution in [1.82, 2.24) is 5.32 Å². The van der Waals surface area contributed by atoms with Crippen LogP contribution in [-0.4, -0.2) is 18.2 Å². The molecule has 1 N–H and O–H groups in total. The molecule has 1 amide bonds. The van der Waals surface area contributed by atoms with Crippen LogP contribution in [0.1, 0.15) is 21.5 Å². The molecule has 0 fully saturated rings. The predicted molar refractivity (Wildman–Crippen MR) is 93.8 cm³/mol. The summed E-state index contributed by atoms with van der Waals surface area (Å²) in [6.07, 6.45) is 0. The van der Waals surface area contributed by atoms with Crippen molar-refractivity contribution < 1.29 is 9.18 Å². The van der Waals surface area contributed by atoms with Crippen molar-refractivity contribution in [2.45, 2.75) is 5.75 Å². The lowest BCUT2D eigenvalue weighted by Gasteiger charge is -2.07. The average molecular weight is 393 g/mol. The summed E-state index contributed by atoms with van der Waals surface area (Å²) in [6.45, 7) is 0.502.